The molecule has 0 fully saturated rings. The lowest BCUT2D eigenvalue weighted by molar-refractivity contribution is -0.384. The zero-order valence-electron chi connectivity index (χ0n) is 12.1. The van der Waals surface area contributed by atoms with Gasteiger partial charge in [-0.15, -0.1) is 11.6 Å². The lowest BCUT2D eigenvalue weighted by Gasteiger charge is -2.37. The molecule has 1 rings (SSSR count). The normalized spacial score (nSPS) is 13.2. The van der Waals surface area contributed by atoms with Gasteiger partial charge in [0.1, 0.15) is 0 Å². The van der Waals surface area contributed by atoms with Crippen molar-refractivity contribution in [1.82, 2.24) is 0 Å². The molecule has 0 amide bonds. The van der Waals surface area contributed by atoms with Gasteiger partial charge in [0, 0.05) is 36.8 Å². The first kappa shape index (κ1) is 15.8. The fourth-order valence-corrected chi connectivity index (χ4v) is 2.14. The van der Waals surface area contributed by atoms with Gasteiger partial charge >= 0.3 is 0 Å². The monoisotopic (exact) mass is 284 g/mol. The number of rotatable bonds is 4. The van der Waals surface area contributed by atoms with E-state index in [0.29, 0.717) is 0 Å². The van der Waals surface area contributed by atoms with E-state index in [1.807, 2.05) is 7.05 Å². The third kappa shape index (κ3) is 3.60. The Labute approximate surface area is 119 Å². The number of nitrogens with zero attached hydrogens (tertiary/aromatic N) is 2. The van der Waals surface area contributed by atoms with Crippen LogP contribution in [-0.4, -0.2) is 18.0 Å². The Balaban J connectivity index is 3.17. The molecule has 1 aromatic carbocycles. The van der Waals surface area contributed by atoms with Crippen LogP contribution >= 0.6 is 11.6 Å². The van der Waals surface area contributed by atoms with Crippen molar-refractivity contribution < 1.29 is 4.92 Å². The Bertz CT molecular complexity index is 469. The van der Waals surface area contributed by atoms with Crippen LogP contribution in [0, 0.1) is 15.5 Å². The molecule has 5 heteroatoms. The number of hydrogen-bond donors (Lipinski definition) is 0. The SMILES string of the molecule is CC(N(C)c1ccc([N+](=O)[O-])cc1CCl)C(C)(C)C. The second-order valence-corrected chi connectivity index (χ2v) is 6.12. The summed E-state index contributed by atoms with van der Waals surface area (Å²) in [6.45, 7) is 8.64. The largest absolute Gasteiger partial charge is 0.371 e. The number of benzene rings is 1. The first-order valence-electron chi connectivity index (χ1n) is 6.24. The predicted octanol–water partition coefficient (Wildman–Crippen LogP) is 4.20. The van der Waals surface area contributed by atoms with Gasteiger partial charge in [0.05, 0.1) is 4.92 Å². The molecule has 1 aromatic rings. The molecule has 1 atom stereocenters. The van der Waals surface area contributed by atoms with E-state index in [1.54, 1.807) is 12.1 Å². The Kier molecular flexibility index (Phi) is 4.80. The molecule has 0 bridgehead atoms. The summed E-state index contributed by atoms with van der Waals surface area (Å²) in [5.41, 5.74) is 1.92. The van der Waals surface area contributed by atoms with Gasteiger partial charge < -0.3 is 4.90 Å². The second-order valence-electron chi connectivity index (χ2n) is 5.86. The van der Waals surface area contributed by atoms with E-state index in [2.05, 4.69) is 32.6 Å². The van der Waals surface area contributed by atoms with Gasteiger partial charge in [-0.2, -0.15) is 0 Å². The van der Waals surface area contributed by atoms with Gasteiger partial charge in [0.2, 0.25) is 0 Å². The van der Waals surface area contributed by atoms with Gasteiger partial charge in [-0.1, -0.05) is 20.8 Å². The summed E-state index contributed by atoms with van der Waals surface area (Å²) in [7, 11) is 1.99. The lowest BCUT2D eigenvalue weighted by atomic mass is 9.86. The highest BCUT2D eigenvalue weighted by atomic mass is 35.5. The molecular formula is C14H21ClN2O2. The molecule has 0 spiro atoms. The molecule has 0 saturated heterocycles. The highest BCUT2D eigenvalue weighted by molar-refractivity contribution is 6.17. The maximum atomic E-state index is 10.8. The molecule has 0 aliphatic carbocycles. The van der Waals surface area contributed by atoms with Gasteiger partial charge in [0.25, 0.3) is 5.69 Å². The lowest BCUT2D eigenvalue weighted by Crippen LogP contribution is -2.39. The highest BCUT2D eigenvalue weighted by Crippen LogP contribution is 2.32. The molecule has 1 unspecified atom stereocenters. The summed E-state index contributed by atoms with van der Waals surface area (Å²) < 4.78 is 0. The number of hydrogen-bond acceptors (Lipinski definition) is 3. The first-order chi connectivity index (χ1) is 8.68. The van der Waals surface area contributed by atoms with Crippen molar-refractivity contribution in [2.24, 2.45) is 5.41 Å². The molecule has 4 nitrogen and oxygen atoms in total. The van der Waals surface area contributed by atoms with E-state index in [1.165, 1.54) is 6.07 Å². The third-order valence-corrected chi connectivity index (χ3v) is 3.92. The zero-order chi connectivity index (χ0) is 14.8. The van der Waals surface area contributed by atoms with Gasteiger partial charge in [-0.3, -0.25) is 10.1 Å². The van der Waals surface area contributed by atoms with Crippen molar-refractivity contribution in [3.8, 4) is 0 Å². The summed E-state index contributed by atoms with van der Waals surface area (Å²) in [4.78, 5) is 12.5. The molecule has 0 saturated carbocycles. The Hall–Kier alpha value is -1.29. The topological polar surface area (TPSA) is 46.4 Å². The van der Waals surface area contributed by atoms with Crippen molar-refractivity contribution in [2.45, 2.75) is 39.6 Å². The quantitative estimate of drug-likeness (QED) is 0.473. The Morgan fingerprint density at radius 1 is 1.42 bits per heavy atom. The number of nitro benzene ring substituents is 1. The van der Waals surface area contributed by atoms with E-state index >= 15 is 0 Å². The minimum atomic E-state index is -0.396. The van der Waals surface area contributed by atoms with E-state index < -0.39 is 4.92 Å². The predicted molar refractivity (Wildman–Crippen MR) is 80.0 cm³/mol. The fraction of sp³-hybridized carbons (Fsp3) is 0.571. The summed E-state index contributed by atoms with van der Waals surface area (Å²) in [5.74, 6) is 0.262. The molecule has 0 heterocycles. The molecule has 0 aromatic heterocycles. The van der Waals surface area contributed by atoms with E-state index in [0.717, 1.165) is 11.3 Å². The molecule has 106 valence electrons. The van der Waals surface area contributed by atoms with Crippen molar-refractivity contribution >= 4 is 23.0 Å². The summed E-state index contributed by atoms with van der Waals surface area (Å²) >= 11 is 5.92. The molecule has 0 aliphatic heterocycles. The van der Waals surface area contributed by atoms with Crippen molar-refractivity contribution in [3.63, 3.8) is 0 Å². The van der Waals surface area contributed by atoms with Crippen LogP contribution in [0.4, 0.5) is 11.4 Å². The van der Waals surface area contributed by atoms with Crippen molar-refractivity contribution in [2.75, 3.05) is 11.9 Å². The number of anilines is 1. The van der Waals surface area contributed by atoms with Gasteiger partial charge in [-0.25, -0.2) is 0 Å². The molecule has 0 aliphatic rings. The summed E-state index contributed by atoms with van der Waals surface area (Å²) in [6, 6.07) is 5.14. The third-order valence-electron chi connectivity index (χ3n) is 3.63. The van der Waals surface area contributed by atoms with Crippen molar-refractivity contribution in [3.05, 3.63) is 33.9 Å². The van der Waals surface area contributed by atoms with E-state index in [4.69, 9.17) is 11.6 Å². The van der Waals surface area contributed by atoms with Gasteiger partial charge in [0.15, 0.2) is 0 Å². The number of nitro groups is 1. The molecule has 19 heavy (non-hydrogen) atoms. The minimum Gasteiger partial charge on any atom is -0.371 e. The molecule has 0 N–H and O–H groups in total. The average Bonchev–Trinajstić information content (AvgIpc) is 2.34. The maximum Gasteiger partial charge on any atom is 0.269 e. The van der Waals surface area contributed by atoms with Crippen LogP contribution in [0.2, 0.25) is 0 Å². The molecule has 0 radical (unpaired) electrons. The first-order valence-corrected chi connectivity index (χ1v) is 6.78. The van der Waals surface area contributed by atoms with E-state index in [-0.39, 0.29) is 23.0 Å². The summed E-state index contributed by atoms with van der Waals surface area (Å²) in [6.07, 6.45) is 0. The summed E-state index contributed by atoms with van der Waals surface area (Å²) in [5, 5.41) is 10.8. The van der Waals surface area contributed by atoms with Crippen LogP contribution in [-0.2, 0) is 5.88 Å². The number of halogens is 1. The minimum absolute atomic E-state index is 0.0798. The highest BCUT2D eigenvalue weighted by Gasteiger charge is 2.25. The Morgan fingerprint density at radius 3 is 2.42 bits per heavy atom. The standard InChI is InChI=1S/C14H21ClN2O2/c1-10(14(2,3)4)16(5)13-7-6-12(17(18)19)8-11(13)9-15/h6-8,10H,9H2,1-5H3. The number of alkyl halides is 1. The van der Waals surface area contributed by atoms with Gasteiger partial charge in [-0.05, 0) is 24.0 Å². The maximum absolute atomic E-state index is 10.8. The number of non-ortho nitro benzene ring substituents is 1. The van der Waals surface area contributed by atoms with Crippen molar-refractivity contribution in [1.29, 1.82) is 0 Å². The second kappa shape index (κ2) is 5.78. The average molecular weight is 285 g/mol. The van der Waals surface area contributed by atoms with Crippen LogP contribution in [0.25, 0.3) is 0 Å². The zero-order valence-corrected chi connectivity index (χ0v) is 12.9. The van der Waals surface area contributed by atoms with Crippen LogP contribution in [0.15, 0.2) is 18.2 Å². The van der Waals surface area contributed by atoms with Crippen LogP contribution in [0.3, 0.4) is 0 Å². The van der Waals surface area contributed by atoms with Crippen LogP contribution in [0.1, 0.15) is 33.3 Å². The van der Waals surface area contributed by atoms with Crippen LogP contribution < -0.4 is 4.90 Å². The smallest absolute Gasteiger partial charge is 0.269 e. The van der Waals surface area contributed by atoms with Crippen LogP contribution in [0.5, 0.6) is 0 Å². The Morgan fingerprint density at radius 2 is 2.00 bits per heavy atom. The van der Waals surface area contributed by atoms with E-state index in [9.17, 15) is 10.1 Å². The molecular weight excluding hydrogens is 264 g/mol. The fourth-order valence-electron chi connectivity index (χ4n) is 1.93.